The van der Waals surface area contributed by atoms with Crippen molar-refractivity contribution in [3.05, 3.63) is 57.7 Å². The van der Waals surface area contributed by atoms with Crippen molar-refractivity contribution in [2.24, 2.45) is 4.99 Å². The summed E-state index contributed by atoms with van der Waals surface area (Å²) in [4.78, 5) is 16.9. The summed E-state index contributed by atoms with van der Waals surface area (Å²) < 4.78 is 0. The fourth-order valence-corrected chi connectivity index (χ4v) is 5.74. The number of piperidine rings is 1. The fraction of sp³-hybridized carbons (Fsp3) is 0.556. The smallest absolute Gasteiger partial charge is 0.147 e. The number of anilines is 1. The highest BCUT2D eigenvalue weighted by Gasteiger charge is 2.32. The van der Waals surface area contributed by atoms with Crippen LogP contribution < -0.4 is 10.2 Å². The molecule has 2 aromatic rings. The zero-order valence-corrected chi connectivity index (χ0v) is 22.7. The van der Waals surface area contributed by atoms with Gasteiger partial charge in [0.15, 0.2) is 0 Å². The standard InChI is InChI=1S/C27H38Cl2N6/c1-4-30-26(31-5-2)22-16-25(29)27(32-17-22)34-14-15-35(20(3)18-34)24-10-12-33(13-11-24)19-21-6-8-23(28)9-7-21/h6-9,16-17,20,24H,4-5,10-15,18-19H2,1-3H3,(H,30,31)/t20-/m0/s1. The molecule has 1 N–H and O–H groups in total. The summed E-state index contributed by atoms with van der Waals surface area (Å²) in [5.74, 6) is 1.74. The third kappa shape index (κ3) is 6.67. The van der Waals surface area contributed by atoms with Crippen molar-refractivity contribution in [2.45, 2.75) is 52.2 Å². The largest absolute Gasteiger partial charge is 0.370 e. The Kier molecular flexibility index (Phi) is 9.28. The summed E-state index contributed by atoms with van der Waals surface area (Å²) in [5.41, 5.74) is 2.28. The Balaban J connectivity index is 1.32. The Bertz CT molecular complexity index is 988. The second kappa shape index (κ2) is 12.4. The molecule has 1 aromatic carbocycles. The Labute approximate surface area is 220 Å². The van der Waals surface area contributed by atoms with Crippen LogP contribution in [0.25, 0.3) is 0 Å². The Morgan fingerprint density at radius 2 is 1.83 bits per heavy atom. The number of hydrogen-bond acceptors (Lipinski definition) is 5. The number of amidine groups is 1. The molecule has 2 fully saturated rings. The molecule has 4 rings (SSSR count). The third-order valence-corrected chi connectivity index (χ3v) is 7.61. The number of aromatic nitrogens is 1. The average Bonchev–Trinajstić information content (AvgIpc) is 2.86. The van der Waals surface area contributed by atoms with Crippen molar-refractivity contribution >= 4 is 34.9 Å². The maximum atomic E-state index is 6.72. The molecule has 35 heavy (non-hydrogen) atoms. The summed E-state index contributed by atoms with van der Waals surface area (Å²) in [6, 6.07) is 11.4. The molecule has 0 bridgehead atoms. The number of piperazine rings is 1. The first-order chi connectivity index (χ1) is 17.0. The lowest BCUT2D eigenvalue weighted by Gasteiger charge is -2.47. The minimum atomic E-state index is 0.466. The van der Waals surface area contributed by atoms with Crippen LogP contribution in [0.4, 0.5) is 5.82 Å². The van der Waals surface area contributed by atoms with Gasteiger partial charge in [-0.1, -0.05) is 35.3 Å². The van der Waals surface area contributed by atoms with E-state index in [1.807, 2.05) is 31.3 Å². The Hall–Kier alpha value is -1.86. The highest BCUT2D eigenvalue weighted by atomic mass is 35.5. The molecule has 190 valence electrons. The summed E-state index contributed by atoms with van der Waals surface area (Å²) in [7, 11) is 0. The van der Waals surface area contributed by atoms with E-state index in [4.69, 9.17) is 28.2 Å². The minimum absolute atomic E-state index is 0.466. The van der Waals surface area contributed by atoms with E-state index in [1.165, 1.54) is 18.4 Å². The molecular weight excluding hydrogens is 479 g/mol. The van der Waals surface area contributed by atoms with Crippen molar-refractivity contribution in [2.75, 3.05) is 50.7 Å². The van der Waals surface area contributed by atoms with E-state index in [9.17, 15) is 0 Å². The predicted octanol–water partition coefficient (Wildman–Crippen LogP) is 4.94. The van der Waals surface area contributed by atoms with Crippen LogP contribution in [-0.2, 0) is 6.54 Å². The third-order valence-electron chi connectivity index (χ3n) is 7.08. The summed E-state index contributed by atoms with van der Waals surface area (Å²) in [6.45, 7) is 14.2. The first-order valence-corrected chi connectivity index (χ1v) is 13.7. The van der Waals surface area contributed by atoms with Crippen LogP contribution in [0.15, 0.2) is 41.5 Å². The summed E-state index contributed by atoms with van der Waals surface area (Å²) >= 11 is 12.8. The van der Waals surface area contributed by atoms with Crippen molar-refractivity contribution < 1.29 is 0 Å². The number of nitrogens with zero attached hydrogens (tertiary/aromatic N) is 5. The van der Waals surface area contributed by atoms with Gasteiger partial charge in [0.05, 0.1) is 5.02 Å². The second-order valence-corrected chi connectivity index (χ2v) is 10.4. The molecule has 3 heterocycles. The van der Waals surface area contributed by atoms with E-state index in [0.29, 0.717) is 17.1 Å². The van der Waals surface area contributed by atoms with Gasteiger partial charge >= 0.3 is 0 Å². The number of aliphatic imine (C=N–C) groups is 1. The lowest BCUT2D eigenvalue weighted by atomic mass is 9.99. The van der Waals surface area contributed by atoms with Crippen molar-refractivity contribution in [1.82, 2.24) is 20.1 Å². The van der Waals surface area contributed by atoms with Crippen LogP contribution in [-0.4, -0.2) is 78.5 Å². The molecule has 6 nitrogen and oxygen atoms in total. The van der Waals surface area contributed by atoms with E-state index >= 15 is 0 Å². The molecular formula is C27H38Cl2N6. The van der Waals surface area contributed by atoms with E-state index in [2.05, 4.69) is 51.0 Å². The van der Waals surface area contributed by atoms with E-state index < -0.39 is 0 Å². The predicted molar refractivity (Wildman–Crippen MR) is 148 cm³/mol. The molecule has 1 atom stereocenters. The first kappa shape index (κ1) is 26.2. The number of benzene rings is 1. The molecule has 0 aliphatic carbocycles. The van der Waals surface area contributed by atoms with Gasteiger partial charge in [0.2, 0.25) is 0 Å². The lowest BCUT2D eigenvalue weighted by molar-refractivity contribution is 0.0690. The SMILES string of the molecule is CC/N=C(/NCC)c1cnc(N2CCN(C3CCN(Cc4ccc(Cl)cc4)CC3)[C@@H](C)C2)c(Cl)c1. The van der Waals surface area contributed by atoms with Crippen LogP contribution in [0.3, 0.4) is 0 Å². The molecule has 2 saturated heterocycles. The first-order valence-electron chi connectivity index (χ1n) is 12.9. The highest BCUT2D eigenvalue weighted by Crippen LogP contribution is 2.29. The van der Waals surface area contributed by atoms with Gasteiger partial charge in [0.25, 0.3) is 0 Å². The van der Waals surface area contributed by atoms with Gasteiger partial charge in [-0.25, -0.2) is 4.98 Å². The zero-order valence-electron chi connectivity index (χ0n) is 21.2. The second-order valence-electron chi connectivity index (χ2n) is 9.55. The van der Waals surface area contributed by atoms with Crippen LogP contribution in [0.1, 0.15) is 44.7 Å². The molecule has 0 spiro atoms. The molecule has 0 unspecified atom stereocenters. The van der Waals surface area contributed by atoms with Crippen molar-refractivity contribution in [1.29, 1.82) is 0 Å². The number of hydrogen-bond donors (Lipinski definition) is 1. The fourth-order valence-electron chi connectivity index (χ4n) is 5.33. The van der Waals surface area contributed by atoms with Crippen molar-refractivity contribution in [3.8, 4) is 0 Å². The maximum Gasteiger partial charge on any atom is 0.147 e. The molecule has 1 aromatic heterocycles. The highest BCUT2D eigenvalue weighted by molar-refractivity contribution is 6.33. The number of rotatable bonds is 7. The lowest BCUT2D eigenvalue weighted by Crippen LogP contribution is -2.57. The van der Waals surface area contributed by atoms with Gasteiger partial charge in [-0.3, -0.25) is 14.8 Å². The molecule has 0 radical (unpaired) electrons. The van der Waals surface area contributed by atoms with Crippen LogP contribution in [0, 0.1) is 0 Å². The number of halogens is 2. The van der Waals surface area contributed by atoms with Crippen LogP contribution in [0.5, 0.6) is 0 Å². The van der Waals surface area contributed by atoms with Gasteiger partial charge in [-0.2, -0.15) is 0 Å². The number of likely N-dealkylation sites (tertiary alicyclic amines) is 1. The monoisotopic (exact) mass is 516 g/mol. The molecule has 0 saturated carbocycles. The molecule has 8 heteroatoms. The van der Waals surface area contributed by atoms with Gasteiger partial charge in [0.1, 0.15) is 11.7 Å². The van der Waals surface area contributed by atoms with E-state index in [0.717, 1.165) is 74.6 Å². The van der Waals surface area contributed by atoms with Gasteiger partial charge in [-0.15, -0.1) is 0 Å². The summed E-state index contributed by atoms with van der Waals surface area (Å²) in [6.07, 6.45) is 4.33. The van der Waals surface area contributed by atoms with Crippen LogP contribution in [0.2, 0.25) is 10.0 Å². The molecule has 2 aliphatic heterocycles. The minimum Gasteiger partial charge on any atom is -0.370 e. The Morgan fingerprint density at radius 3 is 2.46 bits per heavy atom. The van der Waals surface area contributed by atoms with Crippen LogP contribution >= 0.6 is 23.2 Å². The van der Waals surface area contributed by atoms with E-state index in [-0.39, 0.29) is 0 Å². The Morgan fingerprint density at radius 1 is 1.09 bits per heavy atom. The normalized spacial score (nSPS) is 20.9. The quantitative estimate of drug-likeness (QED) is 0.417. The number of pyridine rings is 1. The van der Waals surface area contributed by atoms with E-state index in [1.54, 1.807) is 0 Å². The number of nitrogens with one attached hydrogen (secondary N) is 1. The maximum absolute atomic E-state index is 6.72. The van der Waals surface area contributed by atoms with Gasteiger partial charge in [0, 0.05) is 68.1 Å². The topological polar surface area (TPSA) is 47.0 Å². The average molecular weight is 518 g/mol. The molecule has 0 amide bonds. The summed E-state index contributed by atoms with van der Waals surface area (Å²) in [5, 5.41) is 4.81. The zero-order chi connectivity index (χ0) is 24.8. The van der Waals surface area contributed by atoms with Gasteiger partial charge in [-0.05, 0) is 70.5 Å². The molecule has 2 aliphatic rings. The van der Waals surface area contributed by atoms with Gasteiger partial charge < -0.3 is 10.2 Å². The van der Waals surface area contributed by atoms with Crippen molar-refractivity contribution in [3.63, 3.8) is 0 Å².